The summed E-state index contributed by atoms with van der Waals surface area (Å²) in [4.78, 5) is 25.7. The molecule has 34 heavy (non-hydrogen) atoms. The highest BCUT2D eigenvalue weighted by Crippen LogP contribution is 2.30. The van der Waals surface area contributed by atoms with Crippen molar-refractivity contribution in [3.63, 3.8) is 0 Å². The predicted molar refractivity (Wildman–Crippen MR) is 129 cm³/mol. The summed E-state index contributed by atoms with van der Waals surface area (Å²) in [7, 11) is 0. The first kappa shape index (κ1) is 23.3. The molecule has 2 aromatic carbocycles. The van der Waals surface area contributed by atoms with Crippen molar-refractivity contribution in [3.8, 4) is 22.5 Å². The molecule has 1 N–H and O–H groups in total. The summed E-state index contributed by atoms with van der Waals surface area (Å²) < 4.78 is 2.67. The van der Waals surface area contributed by atoms with Crippen LogP contribution in [0.3, 0.4) is 0 Å². The van der Waals surface area contributed by atoms with Crippen LogP contribution in [0.1, 0.15) is 68.6 Å². The van der Waals surface area contributed by atoms with Crippen LogP contribution in [0.4, 0.5) is 0 Å². The number of tetrazole rings is 1. The highest BCUT2D eigenvalue weighted by atomic mass is 16.2. The molecule has 4 aromatic rings. The molecule has 9 heteroatoms. The number of carbonyl (C=O) groups excluding carboxylic acids is 1. The molecule has 0 radical (unpaired) electrons. The molecular weight excluding hydrogens is 430 g/mol. The number of carbonyl (C=O) groups is 1. The molecule has 0 amide bonds. The van der Waals surface area contributed by atoms with Crippen molar-refractivity contribution in [2.75, 3.05) is 0 Å². The van der Waals surface area contributed by atoms with Gasteiger partial charge in [-0.3, -0.25) is 9.36 Å². The van der Waals surface area contributed by atoms with Gasteiger partial charge in [0.25, 0.3) is 5.91 Å². The number of unbranched alkanes of at least 4 members (excludes halogenated alkanes) is 1. The Bertz CT molecular complexity index is 1300. The van der Waals surface area contributed by atoms with E-state index in [9.17, 15) is 9.59 Å². The number of H-pyrrole nitrogens is 1. The molecule has 1 atom stereocenters. The molecule has 0 saturated heterocycles. The fraction of sp³-hybridized carbons (Fsp3) is 0.360. The summed E-state index contributed by atoms with van der Waals surface area (Å²) in [5.41, 5.74) is 3.50. The number of benzene rings is 2. The second kappa shape index (κ2) is 10.4. The lowest BCUT2D eigenvalue weighted by atomic mass is 9.98. The molecule has 2 heterocycles. The molecule has 0 aliphatic rings. The summed E-state index contributed by atoms with van der Waals surface area (Å²) >= 11 is 0. The normalized spacial score (nSPS) is 12.1. The fourth-order valence-electron chi connectivity index (χ4n) is 3.89. The number of rotatable bonds is 9. The van der Waals surface area contributed by atoms with E-state index < -0.39 is 0 Å². The van der Waals surface area contributed by atoms with Crippen molar-refractivity contribution in [1.82, 2.24) is 35.0 Å². The molecule has 0 spiro atoms. The zero-order chi connectivity index (χ0) is 24.1. The minimum Gasteiger partial charge on any atom is -0.274 e. The van der Waals surface area contributed by atoms with E-state index in [1.54, 1.807) is 4.57 Å². The minimum absolute atomic E-state index is 0.0644. The van der Waals surface area contributed by atoms with Crippen molar-refractivity contribution in [2.24, 2.45) is 0 Å². The van der Waals surface area contributed by atoms with Crippen LogP contribution in [-0.2, 0) is 6.54 Å². The van der Waals surface area contributed by atoms with Crippen LogP contribution in [0.5, 0.6) is 0 Å². The smallest absolute Gasteiger partial charge is 0.274 e. The van der Waals surface area contributed by atoms with Gasteiger partial charge >= 0.3 is 5.69 Å². The number of aromatic amines is 1. The Kier molecular flexibility index (Phi) is 7.10. The van der Waals surface area contributed by atoms with Gasteiger partial charge in [0.2, 0.25) is 0 Å². The van der Waals surface area contributed by atoms with Gasteiger partial charge in [0.05, 0.1) is 6.54 Å². The highest BCUT2D eigenvalue weighted by Gasteiger charge is 2.21. The molecule has 0 aliphatic carbocycles. The van der Waals surface area contributed by atoms with Crippen molar-refractivity contribution in [3.05, 3.63) is 70.4 Å². The Morgan fingerprint density at radius 1 is 1.06 bits per heavy atom. The standard InChI is InChI=1S/C25H29N7O2/c1-4-6-11-22(33)32-25(34)31(24(28-32)17(3)5-2)16-18-12-14-19(15-13-18)20-9-7-8-10-21(20)23-26-29-30-27-23/h7-10,12-15,17H,4-6,11,16H2,1-3H3,(H,26,27,29,30). The minimum atomic E-state index is -0.372. The first-order chi connectivity index (χ1) is 16.5. The topological polar surface area (TPSA) is 111 Å². The Labute approximate surface area is 197 Å². The fourth-order valence-corrected chi connectivity index (χ4v) is 3.89. The van der Waals surface area contributed by atoms with E-state index >= 15 is 0 Å². The van der Waals surface area contributed by atoms with E-state index in [1.807, 2.05) is 69.3 Å². The molecule has 0 fully saturated rings. The van der Waals surface area contributed by atoms with Gasteiger partial charge in [0, 0.05) is 17.9 Å². The maximum absolute atomic E-state index is 13.1. The lowest BCUT2D eigenvalue weighted by Gasteiger charge is -2.11. The number of hydrogen-bond acceptors (Lipinski definition) is 6. The second-order valence-electron chi connectivity index (χ2n) is 8.44. The Morgan fingerprint density at radius 3 is 2.44 bits per heavy atom. The van der Waals surface area contributed by atoms with Crippen LogP contribution in [0.25, 0.3) is 22.5 Å². The van der Waals surface area contributed by atoms with Crippen LogP contribution >= 0.6 is 0 Å². The first-order valence-electron chi connectivity index (χ1n) is 11.7. The quantitative estimate of drug-likeness (QED) is 0.400. The summed E-state index contributed by atoms with van der Waals surface area (Å²) in [5, 5.41) is 18.6. The second-order valence-corrected chi connectivity index (χ2v) is 8.44. The van der Waals surface area contributed by atoms with E-state index in [1.165, 1.54) is 0 Å². The van der Waals surface area contributed by atoms with E-state index in [0.29, 0.717) is 24.6 Å². The van der Waals surface area contributed by atoms with Crippen molar-refractivity contribution in [1.29, 1.82) is 0 Å². The summed E-state index contributed by atoms with van der Waals surface area (Å²) in [6.07, 6.45) is 2.78. The van der Waals surface area contributed by atoms with E-state index in [2.05, 4.69) is 25.7 Å². The monoisotopic (exact) mass is 459 g/mol. The van der Waals surface area contributed by atoms with Crippen LogP contribution < -0.4 is 5.69 Å². The van der Waals surface area contributed by atoms with Gasteiger partial charge in [0.1, 0.15) is 5.82 Å². The third-order valence-corrected chi connectivity index (χ3v) is 6.06. The molecule has 2 aromatic heterocycles. The highest BCUT2D eigenvalue weighted by molar-refractivity contribution is 5.80. The molecule has 9 nitrogen and oxygen atoms in total. The molecule has 0 aliphatic heterocycles. The average Bonchev–Trinajstić information content (AvgIpc) is 3.52. The van der Waals surface area contributed by atoms with Crippen molar-refractivity contribution in [2.45, 2.75) is 58.9 Å². The summed E-state index contributed by atoms with van der Waals surface area (Å²) in [5.74, 6) is 1.06. The van der Waals surface area contributed by atoms with E-state index in [0.717, 1.165) is 46.2 Å². The Balaban J connectivity index is 1.64. The lowest BCUT2D eigenvalue weighted by Crippen LogP contribution is -2.30. The van der Waals surface area contributed by atoms with E-state index in [4.69, 9.17) is 0 Å². The zero-order valence-electron chi connectivity index (χ0n) is 19.7. The van der Waals surface area contributed by atoms with Crippen LogP contribution in [0, 0.1) is 0 Å². The van der Waals surface area contributed by atoms with Crippen LogP contribution in [0.15, 0.2) is 53.3 Å². The zero-order valence-corrected chi connectivity index (χ0v) is 19.7. The Hall–Kier alpha value is -3.88. The van der Waals surface area contributed by atoms with Gasteiger partial charge in [-0.1, -0.05) is 75.7 Å². The lowest BCUT2D eigenvalue weighted by molar-refractivity contribution is 0.0878. The van der Waals surface area contributed by atoms with Gasteiger partial charge in [-0.2, -0.15) is 0 Å². The molecule has 1 unspecified atom stereocenters. The van der Waals surface area contributed by atoms with Gasteiger partial charge in [-0.25, -0.2) is 9.89 Å². The Morgan fingerprint density at radius 2 is 1.79 bits per heavy atom. The van der Waals surface area contributed by atoms with E-state index in [-0.39, 0.29) is 17.5 Å². The first-order valence-corrected chi connectivity index (χ1v) is 11.7. The number of nitrogens with zero attached hydrogens (tertiary/aromatic N) is 6. The third-order valence-electron chi connectivity index (χ3n) is 6.06. The molecule has 4 rings (SSSR count). The summed E-state index contributed by atoms with van der Waals surface area (Å²) in [6, 6.07) is 15.9. The molecule has 0 saturated carbocycles. The van der Waals surface area contributed by atoms with Gasteiger partial charge in [-0.15, -0.1) is 14.9 Å². The van der Waals surface area contributed by atoms with Crippen molar-refractivity contribution >= 4 is 5.91 Å². The van der Waals surface area contributed by atoms with Crippen LogP contribution in [0.2, 0.25) is 0 Å². The molecular formula is C25H29N7O2. The number of nitrogens with one attached hydrogen (secondary N) is 1. The van der Waals surface area contributed by atoms with Crippen LogP contribution in [-0.4, -0.2) is 40.9 Å². The van der Waals surface area contributed by atoms with Gasteiger partial charge in [-0.05, 0) is 40.0 Å². The molecule has 176 valence electrons. The van der Waals surface area contributed by atoms with Gasteiger partial charge in [0.15, 0.2) is 5.82 Å². The predicted octanol–water partition coefficient (Wildman–Crippen LogP) is 4.28. The third kappa shape index (κ3) is 4.73. The maximum atomic E-state index is 13.1. The SMILES string of the molecule is CCCCC(=O)n1nc(C(C)CC)n(Cc2ccc(-c3ccccc3-c3nnn[nH]3)cc2)c1=O. The maximum Gasteiger partial charge on any atom is 0.353 e. The number of aromatic nitrogens is 7. The molecule has 0 bridgehead atoms. The summed E-state index contributed by atoms with van der Waals surface area (Å²) in [6.45, 7) is 6.45. The number of hydrogen-bond donors (Lipinski definition) is 1. The largest absolute Gasteiger partial charge is 0.353 e. The average molecular weight is 460 g/mol. The van der Waals surface area contributed by atoms with Crippen molar-refractivity contribution < 1.29 is 4.79 Å². The van der Waals surface area contributed by atoms with Gasteiger partial charge < -0.3 is 0 Å².